The van der Waals surface area contributed by atoms with Crippen LogP contribution in [-0.2, 0) is 23.7 Å². The van der Waals surface area contributed by atoms with Gasteiger partial charge in [0.15, 0.2) is 18.0 Å². The van der Waals surface area contributed by atoms with E-state index in [-0.39, 0.29) is 13.2 Å². The maximum atomic E-state index is 12.5. The Morgan fingerprint density at radius 2 is 1.74 bits per heavy atom. The highest BCUT2D eigenvalue weighted by atomic mass is 35.6. The van der Waals surface area contributed by atoms with E-state index in [9.17, 15) is 4.79 Å². The minimum absolute atomic E-state index is 0.0130. The molecule has 0 aliphatic carbocycles. The Balaban J connectivity index is 1.53. The third kappa shape index (κ3) is 4.82. The Labute approximate surface area is 193 Å². The molecule has 4 rings (SSSR count). The monoisotopic (exact) mass is 485 g/mol. The van der Waals surface area contributed by atoms with Crippen molar-refractivity contribution in [2.24, 2.45) is 0 Å². The first-order chi connectivity index (χ1) is 14.8. The number of hydrogen-bond acceptors (Lipinski definition) is 7. The predicted molar refractivity (Wildman–Crippen MR) is 113 cm³/mol. The number of alkyl halides is 3. The molecule has 2 saturated heterocycles. The number of benzene rings is 2. The van der Waals surface area contributed by atoms with Crippen LogP contribution in [0.2, 0.25) is 0 Å². The van der Waals surface area contributed by atoms with Crippen molar-refractivity contribution >= 4 is 46.7 Å². The lowest BCUT2D eigenvalue weighted by Crippen LogP contribution is -2.47. The quantitative estimate of drug-likeness (QED) is 0.291. The van der Waals surface area contributed by atoms with Gasteiger partial charge in [0.05, 0.1) is 12.2 Å². The Hall–Kier alpha value is -1.87. The van der Waals surface area contributed by atoms with Crippen molar-refractivity contribution in [3.63, 3.8) is 0 Å². The summed E-state index contributed by atoms with van der Waals surface area (Å²) in [5, 5.41) is 7.84. The van der Waals surface area contributed by atoms with E-state index >= 15 is 0 Å². The van der Waals surface area contributed by atoms with E-state index in [1.807, 2.05) is 30.3 Å². The van der Waals surface area contributed by atoms with Crippen LogP contribution in [-0.4, -0.2) is 46.9 Å². The lowest BCUT2D eigenvalue weighted by atomic mass is 10.0. The zero-order valence-corrected chi connectivity index (χ0v) is 18.3. The van der Waals surface area contributed by atoms with Crippen LogP contribution in [0.3, 0.4) is 0 Å². The summed E-state index contributed by atoms with van der Waals surface area (Å²) in [5.41, 5.74) is 0.00304. The highest BCUT2D eigenvalue weighted by Crippen LogP contribution is 2.45. The number of fused-ring (bicyclic) bond motifs is 1. The molecule has 4 atom stereocenters. The Kier molecular flexibility index (Phi) is 6.44. The summed E-state index contributed by atoms with van der Waals surface area (Å²) in [7, 11) is 0. The maximum Gasteiger partial charge on any atom is 0.338 e. The van der Waals surface area contributed by atoms with Crippen LogP contribution in [0.1, 0.15) is 22.2 Å². The van der Waals surface area contributed by atoms with Gasteiger partial charge < -0.3 is 23.7 Å². The van der Waals surface area contributed by atoms with Crippen LogP contribution in [0.25, 0.3) is 0 Å². The SMILES string of the molecule is N=C(O[C@@H]1OC[C@@]2(COC(=O)c3ccccc3)OC(c3ccccc3)O[C@@H]12)C(Cl)(Cl)Cl. The molecule has 31 heavy (non-hydrogen) atoms. The highest BCUT2D eigenvalue weighted by Gasteiger charge is 2.61. The molecular formula is C21H18Cl3NO6. The van der Waals surface area contributed by atoms with Gasteiger partial charge in [-0.05, 0) is 12.1 Å². The van der Waals surface area contributed by atoms with Crippen molar-refractivity contribution in [3.05, 3.63) is 71.8 Å². The van der Waals surface area contributed by atoms with Gasteiger partial charge in [0.2, 0.25) is 12.2 Å². The molecule has 0 radical (unpaired) electrons. The summed E-state index contributed by atoms with van der Waals surface area (Å²) in [6.45, 7) is -0.170. The van der Waals surface area contributed by atoms with Gasteiger partial charge in [-0.2, -0.15) is 0 Å². The average Bonchev–Trinajstić information content (AvgIpc) is 3.30. The van der Waals surface area contributed by atoms with Gasteiger partial charge in [0, 0.05) is 5.56 Å². The van der Waals surface area contributed by atoms with E-state index in [2.05, 4.69) is 0 Å². The molecule has 0 aromatic heterocycles. The molecule has 1 unspecified atom stereocenters. The molecule has 1 N–H and O–H groups in total. The largest absolute Gasteiger partial charge is 0.459 e. The van der Waals surface area contributed by atoms with E-state index in [0.29, 0.717) is 5.56 Å². The standard InChI is InChI=1S/C21H18Cl3NO6/c22-21(23,24)19(25)30-18-15-20(12-28-18,11-27-16(26)13-7-3-1-4-8-13)31-17(29-15)14-9-5-2-6-10-14/h1-10,15,17-18,25H,11-12H2/t15-,17?,18-,20+/m0/s1. The van der Waals surface area contributed by atoms with Crippen LogP contribution in [0.15, 0.2) is 60.7 Å². The van der Waals surface area contributed by atoms with E-state index < -0.39 is 39.9 Å². The number of hydrogen-bond donors (Lipinski definition) is 1. The first-order valence-electron chi connectivity index (χ1n) is 9.33. The first-order valence-corrected chi connectivity index (χ1v) is 10.5. The second-order valence-corrected chi connectivity index (χ2v) is 9.33. The van der Waals surface area contributed by atoms with Crippen molar-refractivity contribution in [3.8, 4) is 0 Å². The number of rotatable bonds is 5. The molecular weight excluding hydrogens is 469 g/mol. The molecule has 0 bridgehead atoms. The molecule has 0 amide bonds. The third-order valence-corrected chi connectivity index (χ3v) is 5.40. The minimum atomic E-state index is -2.06. The molecule has 2 aromatic carbocycles. The first kappa shape index (κ1) is 22.3. The van der Waals surface area contributed by atoms with Crippen molar-refractivity contribution in [2.45, 2.75) is 28.1 Å². The highest BCUT2D eigenvalue weighted by molar-refractivity contribution is 6.76. The van der Waals surface area contributed by atoms with Crippen molar-refractivity contribution in [2.75, 3.05) is 13.2 Å². The number of halogens is 3. The lowest BCUT2D eigenvalue weighted by Gasteiger charge is -2.25. The normalized spacial score (nSPS) is 27.5. The fraction of sp³-hybridized carbons (Fsp3) is 0.333. The number of carbonyl (C=O) groups is 1. The minimum Gasteiger partial charge on any atom is -0.459 e. The van der Waals surface area contributed by atoms with Gasteiger partial charge in [-0.3, -0.25) is 5.41 Å². The molecule has 0 spiro atoms. The van der Waals surface area contributed by atoms with Crippen LogP contribution < -0.4 is 0 Å². The Morgan fingerprint density at radius 1 is 1.10 bits per heavy atom. The van der Waals surface area contributed by atoms with Gasteiger partial charge in [-0.15, -0.1) is 0 Å². The Bertz CT molecular complexity index is 939. The third-order valence-electron chi connectivity index (χ3n) is 4.89. The van der Waals surface area contributed by atoms with Gasteiger partial charge in [0.25, 0.3) is 3.79 Å². The van der Waals surface area contributed by atoms with Crippen LogP contribution in [0.4, 0.5) is 0 Å². The Morgan fingerprint density at radius 3 is 2.39 bits per heavy atom. The van der Waals surface area contributed by atoms with Gasteiger partial charge in [0.1, 0.15) is 6.61 Å². The fourth-order valence-electron chi connectivity index (χ4n) is 3.34. The zero-order valence-electron chi connectivity index (χ0n) is 16.0. The second kappa shape index (κ2) is 8.94. The topological polar surface area (TPSA) is 87.1 Å². The van der Waals surface area contributed by atoms with Gasteiger partial charge >= 0.3 is 5.97 Å². The van der Waals surface area contributed by atoms with Crippen LogP contribution in [0, 0.1) is 5.41 Å². The van der Waals surface area contributed by atoms with Gasteiger partial charge in [-0.25, -0.2) is 4.79 Å². The van der Waals surface area contributed by atoms with Crippen molar-refractivity contribution < 1.29 is 28.5 Å². The smallest absolute Gasteiger partial charge is 0.338 e. The lowest BCUT2D eigenvalue weighted by molar-refractivity contribution is -0.170. The molecule has 7 nitrogen and oxygen atoms in total. The average molecular weight is 487 g/mol. The number of carbonyl (C=O) groups excluding carboxylic acids is 1. The number of nitrogens with one attached hydrogen (secondary N) is 1. The molecule has 164 valence electrons. The molecule has 2 aliphatic rings. The summed E-state index contributed by atoms with van der Waals surface area (Å²) in [6.07, 6.45) is -2.68. The number of ether oxygens (including phenoxy) is 5. The van der Waals surface area contributed by atoms with E-state index in [1.54, 1.807) is 30.3 Å². The fourth-order valence-corrected chi connectivity index (χ4v) is 3.48. The number of esters is 1. The summed E-state index contributed by atoms with van der Waals surface area (Å²) in [5.74, 6) is -1.13. The molecule has 2 heterocycles. The predicted octanol–water partition coefficient (Wildman–Crippen LogP) is 4.42. The van der Waals surface area contributed by atoms with Gasteiger partial charge in [-0.1, -0.05) is 83.3 Å². The summed E-state index contributed by atoms with van der Waals surface area (Å²) >= 11 is 17.2. The summed E-state index contributed by atoms with van der Waals surface area (Å²) in [6, 6.07) is 17.8. The van der Waals surface area contributed by atoms with E-state index in [4.69, 9.17) is 63.9 Å². The zero-order chi connectivity index (χ0) is 22.1. The molecule has 10 heteroatoms. The van der Waals surface area contributed by atoms with Crippen molar-refractivity contribution in [1.29, 1.82) is 5.41 Å². The van der Waals surface area contributed by atoms with E-state index in [1.165, 1.54) is 0 Å². The maximum absolute atomic E-state index is 12.5. The molecule has 2 aromatic rings. The molecule has 0 saturated carbocycles. The second-order valence-electron chi connectivity index (χ2n) is 7.05. The van der Waals surface area contributed by atoms with E-state index in [0.717, 1.165) is 5.56 Å². The van der Waals surface area contributed by atoms with Crippen LogP contribution >= 0.6 is 34.8 Å². The summed E-state index contributed by atoms with van der Waals surface area (Å²) < 4.78 is 26.7. The molecule has 2 aliphatic heterocycles. The van der Waals surface area contributed by atoms with Crippen molar-refractivity contribution in [1.82, 2.24) is 0 Å². The van der Waals surface area contributed by atoms with Crippen LogP contribution in [0.5, 0.6) is 0 Å². The molecule has 2 fully saturated rings. The summed E-state index contributed by atoms with van der Waals surface area (Å²) in [4.78, 5) is 12.5.